The number of aromatic nitrogens is 1. The predicted molar refractivity (Wildman–Crippen MR) is 110 cm³/mol. The van der Waals surface area contributed by atoms with Crippen LogP contribution in [0.4, 0.5) is 0 Å². The Hall–Kier alpha value is -0.680. The van der Waals surface area contributed by atoms with Crippen LogP contribution in [0.15, 0.2) is 29.4 Å². The van der Waals surface area contributed by atoms with Crippen molar-refractivity contribution in [3.8, 4) is 0 Å². The first-order valence-corrected chi connectivity index (χ1v) is 11.1. The maximum atomic E-state index is 12.4. The van der Waals surface area contributed by atoms with Gasteiger partial charge in [-0.15, -0.1) is 0 Å². The first-order chi connectivity index (χ1) is 11.4. The molecule has 0 aliphatic carbocycles. The van der Waals surface area contributed by atoms with E-state index in [1.165, 1.54) is 21.6 Å². The minimum absolute atomic E-state index is 0.0836. The summed E-state index contributed by atoms with van der Waals surface area (Å²) in [4.78, 5) is 16.7. The maximum absolute atomic E-state index is 12.4. The number of hydrogen-bond donors (Lipinski definition) is 0. The van der Waals surface area contributed by atoms with E-state index in [4.69, 9.17) is 4.74 Å². The van der Waals surface area contributed by atoms with E-state index in [9.17, 15) is 4.79 Å². The first-order valence-electron chi connectivity index (χ1n) is 8.83. The smallest absolute Gasteiger partial charge is 0.317 e. The Morgan fingerprint density at radius 2 is 1.64 bits per heavy atom. The maximum Gasteiger partial charge on any atom is 0.317 e. The third-order valence-electron chi connectivity index (χ3n) is 4.94. The van der Waals surface area contributed by atoms with Crippen LogP contribution in [0.1, 0.15) is 55.4 Å². The van der Waals surface area contributed by atoms with Gasteiger partial charge in [0.05, 0.1) is 0 Å². The van der Waals surface area contributed by atoms with Crippen LogP contribution in [-0.2, 0) is 9.53 Å². The van der Waals surface area contributed by atoms with E-state index in [0.29, 0.717) is 5.75 Å². The molecule has 0 saturated carbocycles. The monoisotopic (exact) mass is 383 g/mol. The van der Waals surface area contributed by atoms with E-state index in [1.54, 1.807) is 6.20 Å². The van der Waals surface area contributed by atoms with Crippen molar-refractivity contribution >= 4 is 27.6 Å². The van der Waals surface area contributed by atoms with Gasteiger partial charge in [-0.2, -0.15) is 0 Å². The Morgan fingerprint density at radius 1 is 1.08 bits per heavy atom. The fraction of sp³-hybridized carbons (Fsp3) is 0.700. The second-order valence-corrected chi connectivity index (χ2v) is 11.1. The second kappa shape index (κ2) is 9.31. The normalized spacial score (nSPS) is 16.2. The van der Waals surface area contributed by atoms with Crippen molar-refractivity contribution in [2.45, 2.75) is 66.5 Å². The van der Waals surface area contributed by atoms with Gasteiger partial charge in [0.25, 0.3) is 0 Å². The van der Waals surface area contributed by atoms with Crippen LogP contribution in [0.2, 0.25) is 0 Å². The molecule has 0 aliphatic heterocycles. The van der Waals surface area contributed by atoms with Gasteiger partial charge in [0.15, 0.2) is 0 Å². The lowest BCUT2D eigenvalue weighted by Gasteiger charge is -2.41. The summed E-state index contributed by atoms with van der Waals surface area (Å²) in [6.07, 6.45) is 1.67. The Morgan fingerprint density at radius 3 is 2.08 bits per heavy atom. The fourth-order valence-corrected chi connectivity index (χ4v) is 4.05. The number of hydrogen-bond acceptors (Lipinski definition) is 5. The molecule has 0 aliphatic rings. The van der Waals surface area contributed by atoms with Crippen LogP contribution in [0.25, 0.3) is 0 Å². The topological polar surface area (TPSA) is 39.2 Å². The van der Waals surface area contributed by atoms with Gasteiger partial charge in [-0.25, -0.2) is 4.98 Å². The standard InChI is InChI=1S/C20H33NO2S2/c1-14(19(3,4)5)18(15(2)20(6,7)8)23-17(22)13-24-25-16-11-9-10-12-21-16/h9-12,14-15,18H,13H2,1-8H3/t14-,15?,18?/m1/s1. The largest absolute Gasteiger partial charge is 0.461 e. The number of nitrogens with zero attached hydrogens (tertiary/aromatic N) is 1. The van der Waals surface area contributed by atoms with Gasteiger partial charge in [-0.05, 0) is 45.6 Å². The lowest BCUT2D eigenvalue weighted by Crippen LogP contribution is -2.42. The van der Waals surface area contributed by atoms with Gasteiger partial charge < -0.3 is 4.74 Å². The molecule has 0 fully saturated rings. The zero-order valence-electron chi connectivity index (χ0n) is 16.8. The molecule has 0 spiro atoms. The molecule has 1 rings (SSSR count). The van der Waals surface area contributed by atoms with Crippen molar-refractivity contribution in [1.29, 1.82) is 0 Å². The van der Waals surface area contributed by atoms with Crippen LogP contribution in [0.3, 0.4) is 0 Å². The molecule has 25 heavy (non-hydrogen) atoms. The van der Waals surface area contributed by atoms with Crippen molar-refractivity contribution in [2.75, 3.05) is 5.75 Å². The van der Waals surface area contributed by atoms with Crippen molar-refractivity contribution in [1.82, 2.24) is 4.98 Å². The first kappa shape index (κ1) is 22.4. The molecule has 142 valence electrons. The molecular weight excluding hydrogens is 350 g/mol. The highest BCUT2D eigenvalue weighted by molar-refractivity contribution is 8.76. The summed E-state index contributed by atoms with van der Waals surface area (Å²) in [5.41, 5.74) is 0.167. The van der Waals surface area contributed by atoms with Gasteiger partial charge in [0.2, 0.25) is 0 Å². The van der Waals surface area contributed by atoms with Crippen molar-refractivity contribution in [3.63, 3.8) is 0 Å². The fourth-order valence-electron chi connectivity index (χ4n) is 2.34. The van der Waals surface area contributed by atoms with Crippen LogP contribution in [0, 0.1) is 22.7 Å². The average Bonchev–Trinajstić information content (AvgIpc) is 2.50. The Bertz CT molecular complexity index is 515. The summed E-state index contributed by atoms with van der Waals surface area (Å²) in [5, 5.41) is 0.906. The third kappa shape index (κ3) is 7.61. The summed E-state index contributed by atoms with van der Waals surface area (Å²) >= 11 is 0. The third-order valence-corrected chi connectivity index (χ3v) is 7.05. The van der Waals surface area contributed by atoms with E-state index in [1.807, 2.05) is 18.2 Å². The average molecular weight is 384 g/mol. The molecule has 3 atom stereocenters. The quantitative estimate of drug-likeness (QED) is 0.420. The number of carbonyl (C=O) groups is 1. The van der Waals surface area contributed by atoms with Gasteiger partial charge in [0, 0.05) is 6.20 Å². The molecule has 0 N–H and O–H groups in total. The molecule has 1 aromatic rings. The highest BCUT2D eigenvalue weighted by atomic mass is 33.1. The molecule has 0 radical (unpaired) electrons. The van der Waals surface area contributed by atoms with Crippen molar-refractivity contribution in [2.24, 2.45) is 22.7 Å². The minimum atomic E-state index is -0.148. The SMILES string of the molecule is CC(C(OC(=O)CSSc1ccccn1)[C@@H](C)C(C)(C)C)C(C)(C)C. The van der Waals surface area contributed by atoms with Gasteiger partial charge >= 0.3 is 5.97 Å². The lowest BCUT2D eigenvalue weighted by atomic mass is 9.69. The molecule has 1 aromatic heterocycles. The number of esters is 1. The molecular formula is C20H33NO2S2. The molecule has 0 saturated heterocycles. The second-order valence-electron chi connectivity index (χ2n) is 8.78. The number of rotatable bonds is 7. The summed E-state index contributed by atoms with van der Waals surface area (Å²) < 4.78 is 5.97. The highest BCUT2D eigenvalue weighted by Crippen LogP contribution is 2.39. The molecule has 2 unspecified atom stereocenters. The Balaban J connectivity index is 2.68. The van der Waals surface area contributed by atoms with Crippen LogP contribution < -0.4 is 0 Å². The van der Waals surface area contributed by atoms with E-state index in [2.05, 4.69) is 60.4 Å². The molecule has 3 nitrogen and oxygen atoms in total. The van der Waals surface area contributed by atoms with E-state index in [0.717, 1.165) is 5.03 Å². The zero-order valence-corrected chi connectivity index (χ0v) is 18.5. The summed E-state index contributed by atoms with van der Waals surface area (Å²) in [6, 6.07) is 5.77. The summed E-state index contributed by atoms with van der Waals surface area (Å²) in [5.74, 6) is 0.731. The Labute approximate surface area is 161 Å². The predicted octanol–water partition coefficient (Wildman–Crippen LogP) is 6.10. The number of pyridine rings is 1. The van der Waals surface area contributed by atoms with Gasteiger partial charge in [-0.3, -0.25) is 4.79 Å². The van der Waals surface area contributed by atoms with Crippen molar-refractivity contribution in [3.05, 3.63) is 24.4 Å². The lowest BCUT2D eigenvalue weighted by molar-refractivity contribution is -0.157. The number of carbonyl (C=O) groups excluding carboxylic acids is 1. The number of ether oxygens (including phenoxy) is 1. The van der Waals surface area contributed by atoms with Crippen LogP contribution in [0.5, 0.6) is 0 Å². The van der Waals surface area contributed by atoms with Crippen LogP contribution >= 0.6 is 21.6 Å². The van der Waals surface area contributed by atoms with Crippen LogP contribution in [-0.4, -0.2) is 22.8 Å². The van der Waals surface area contributed by atoms with E-state index < -0.39 is 0 Å². The van der Waals surface area contributed by atoms with Gasteiger partial charge in [-0.1, -0.05) is 72.3 Å². The Kier molecular flexibility index (Phi) is 8.33. The summed E-state index contributed by atoms with van der Waals surface area (Å²) in [7, 11) is 2.98. The highest BCUT2D eigenvalue weighted by Gasteiger charge is 2.39. The molecule has 5 heteroatoms. The molecule has 0 aromatic carbocycles. The van der Waals surface area contributed by atoms with Gasteiger partial charge in [0.1, 0.15) is 16.9 Å². The van der Waals surface area contributed by atoms with E-state index in [-0.39, 0.29) is 34.7 Å². The van der Waals surface area contributed by atoms with Crippen molar-refractivity contribution < 1.29 is 9.53 Å². The zero-order chi connectivity index (χ0) is 19.3. The van der Waals surface area contributed by atoms with E-state index >= 15 is 0 Å². The minimum Gasteiger partial charge on any atom is -0.461 e. The molecule has 1 heterocycles. The molecule has 0 amide bonds. The molecule has 0 bridgehead atoms. The summed E-state index contributed by atoms with van der Waals surface area (Å²) in [6.45, 7) is 17.6.